The summed E-state index contributed by atoms with van der Waals surface area (Å²) < 4.78 is 10.7. The van der Waals surface area contributed by atoms with Crippen molar-refractivity contribution in [2.45, 2.75) is 19.9 Å². The molecule has 0 spiro atoms. The minimum Gasteiger partial charge on any atom is -0.493 e. The van der Waals surface area contributed by atoms with Gasteiger partial charge in [0.15, 0.2) is 11.5 Å². The van der Waals surface area contributed by atoms with Crippen LogP contribution in [-0.4, -0.2) is 31.5 Å². The molecule has 0 bridgehead atoms. The Kier molecular flexibility index (Phi) is 4.75. The van der Waals surface area contributed by atoms with Gasteiger partial charge in [-0.2, -0.15) is 10.2 Å². The number of benzene rings is 1. The summed E-state index contributed by atoms with van der Waals surface area (Å²) >= 11 is 0. The fourth-order valence-corrected chi connectivity index (χ4v) is 2.40. The van der Waals surface area contributed by atoms with Gasteiger partial charge in [0.1, 0.15) is 0 Å². The topological polar surface area (TPSA) is 56.3 Å². The minimum absolute atomic E-state index is 0.0269. The predicted molar refractivity (Wildman–Crippen MR) is 82.0 cm³/mol. The third kappa shape index (κ3) is 3.13. The normalized spacial score (nSPS) is 12.0. The van der Waals surface area contributed by atoms with Crippen LogP contribution in [-0.2, 0) is 0 Å². The van der Waals surface area contributed by atoms with Crippen molar-refractivity contribution in [1.29, 1.82) is 0 Å². The maximum atomic E-state index is 5.38. The summed E-state index contributed by atoms with van der Waals surface area (Å²) in [7, 11) is 5.20. The number of aryl methyl sites for hydroxylation is 2. The molecule has 112 valence electrons. The molecule has 5 heteroatoms. The lowest BCUT2D eigenvalue weighted by atomic mass is 9.97. The first-order chi connectivity index (χ1) is 10.1. The summed E-state index contributed by atoms with van der Waals surface area (Å²) in [6.07, 6.45) is 0. The highest BCUT2D eigenvalue weighted by Crippen LogP contribution is 2.32. The first-order valence-corrected chi connectivity index (χ1v) is 6.80. The fraction of sp³-hybridized carbons (Fsp3) is 0.375. The Morgan fingerprint density at radius 2 is 1.71 bits per heavy atom. The van der Waals surface area contributed by atoms with Gasteiger partial charge >= 0.3 is 0 Å². The summed E-state index contributed by atoms with van der Waals surface area (Å²) in [4.78, 5) is 0. The van der Waals surface area contributed by atoms with Gasteiger partial charge in [0, 0.05) is 0 Å². The van der Waals surface area contributed by atoms with Crippen molar-refractivity contribution >= 4 is 0 Å². The highest BCUT2D eigenvalue weighted by molar-refractivity contribution is 5.46. The molecule has 1 N–H and O–H groups in total. The Hall–Kier alpha value is -2.14. The van der Waals surface area contributed by atoms with Crippen LogP contribution >= 0.6 is 0 Å². The van der Waals surface area contributed by atoms with Gasteiger partial charge in [0.05, 0.1) is 31.6 Å². The van der Waals surface area contributed by atoms with E-state index in [0.717, 1.165) is 28.3 Å². The standard InChI is InChI=1S/C16H21N3O2/c1-10-8-13(11(2)19-18-10)16(17-3)12-6-7-14(20-4)15(9-12)21-5/h6-9,16-17H,1-5H3. The van der Waals surface area contributed by atoms with Gasteiger partial charge in [-0.05, 0) is 50.2 Å². The Morgan fingerprint density at radius 1 is 1.00 bits per heavy atom. The third-order valence-electron chi connectivity index (χ3n) is 3.48. The molecule has 0 fully saturated rings. The average Bonchev–Trinajstić information content (AvgIpc) is 2.51. The zero-order chi connectivity index (χ0) is 15.4. The van der Waals surface area contributed by atoms with Crippen LogP contribution in [0.1, 0.15) is 28.6 Å². The fourth-order valence-electron chi connectivity index (χ4n) is 2.40. The highest BCUT2D eigenvalue weighted by atomic mass is 16.5. The molecule has 0 radical (unpaired) electrons. The van der Waals surface area contributed by atoms with Gasteiger partial charge < -0.3 is 14.8 Å². The zero-order valence-corrected chi connectivity index (χ0v) is 13.1. The van der Waals surface area contributed by atoms with E-state index in [1.165, 1.54) is 0 Å². The molecule has 1 unspecified atom stereocenters. The van der Waals surface area contributed by atoms with Crippen LogP contribution in [0.15, 0.2) is 24.3 Å². The summed E-state index contributed by atoms with van der Waals surface area (Å²) in [6.45, 7) is 3.91. The van der Waals surface area contributed by atoms with Crippen molar-refractivity contribution in [1.82, 2.24) is 15.5 Å². The molecular formula is C16H21N3O2. The summed E-state index contributed by atoms with van der Waals surface area (Å²) in [5, 5.41) is 11.6. The second-order valence-electron chi connectivity index (χ2n) is 4.86. The Labute approximate surface area is 125 Å². The van der Waals surface area contributed by atoms with Crippen molar-refractivity contribution in [3.63, 3.8) is 0 Å². The third-order valence-corrected chi connectivity index (χ3v) is 3.48. The molecule has 1 atom stereocenters. The molecule has 1 heterocycles. The molecule has 2 rings (SSSR count). The number of hydrogen-bond acceptors (Lipinski definition) is 5. The maximum absolute atomic E-state index is 5.38. The van der Waals surface area contributed by atoms with E-state index in [1.54, 1.807) is 14.2 Å². The Bertz CT molecular complexity index is 629. The van der Waals surface area contributed by atoms with Gasteiger partial charge in [-0.1, -0.05) is 6.07 Å². The van der Waals surface area contributed by atoms with E-state index >= 15 is 0 Å². The molecule has 0 aliphatic heterocycles. The summed E-state index contributed by atoms with van der Waals surface area (Å²) in [6, 6.07) is 8.00. The molecule has 21 heavy (non-hydrogen) atoms. The van der Waals surface area contributed by atoms with Crippen molar-refractivity contribution in [3.8, 4) is 11.5 Å². The number of ether oxygens (including phenoxy) is 2. The van der Waals surface area contributed by atoms with Crippen molar-refractivity contribution in [3.05, 3.63) is 46.8 Å². The molecule has 0 aliphatic carbocycles. The minimum atomic E-state index is 0.0269. The van der Waals surface area contributed by atoms with E-state index in [4.69, 9.17) is 9.47 Å². The number of aromatic nitrogens is 2. The smallest absolute Gasteiger partial charge is 0.161 e. The second-order valence-corrected chi connectivity index (χ2v) is 4.86. The number of hydrogen-bond donors (Lipinski definition) is 1. The molecule has 0 aliphatic rings. The van der Waals surface area contributed by atoms with Crippen LogP contribution in [0.2, 0.25) is 0 Å². The van der Waals surface area contributed by atoms with Crippen LogP contribution in [0.3, 0.4) is 0 Å². The Morgan fingerprint density at radius 3 is 2.33 bits per heavy atom. The SMILES string of the molecule is CNC(c1ccc(OC)c(OC)c1)c1cc(C)nnc1C. The number of rotatable bonds is 5. The first-order valence-electron chi connectivity index (χ1n) is 6.80. The van der Waals surface area contributed by atoms with Crippen LogP contribution in [0, 0.1) is 13.8 Å². The molecule has 1 aromatic carbocycles. The van der Waals surface area contributed by atoms with Crippen molar-refractivity contribution in [2.75, 3.05) is 21.3 Å². The highest BCUT2D eigenvalue weighted by Gasteiger charge is 2.17. The zero-order valence-electron chi connectivity index (χ0n) is 13.1. The molecule has 0 saturated heterocycles. The van der Waals surface area contributed by atoms with Gasteiger partial charge in [-0.15, -0.1) is 0 Å². The number of methoxy groups -OCH3 is 2. The van der Waals surface area contributed by atoms with E-state index in [9.17, 15) is 0 Å². The van der Waals surface area contributed by atoms with Crippen LogP contribution in [0.5, 0.6) is 11.5 Å². The summed E-state index contributed by atoms with van der Waals surface area (Å²) in [5.74, 6) is 1.43. The monoisotopic (exact) mass is 287 g/mol. The second kappa shape index (κ2) is 6.54. The van der Waals surface area contributed by atoms with E-state index in [0.29, 0.717) is 5.75 Å². The largest absolute Gasteiger partial charge is 0.493 e. The molecular weight excluding hydrogens is 266 g/mol. The van der Waals surface area contributed by atoms with Gasteiger partial charge in [0.2, 0.25) is 0 Å². The van der Waals surface area contributed by atoms with Crippen molar-refractivity contribution < 1.29 is 9.47 Å². The van der Waals surface area contributed by atoms with Gasteiger partial charge in [-0.3, -0.25) is 0 Å². The van der Waals surface area contributed by atoms with E-state index in [1.807, 2.05) is 39.1 Å². The quantitative estimate of drug-likeness (QED) is 0.915. The van der Waals surface area contributed by atoms with Crippen LogP contribution < -0.4 is 14.8 Å². The lowest BCUT2D eigenvalue weighted by Crippen LogP contribution is -2.20. The van der Waals surface area contributed by atoms with E-state index < -0.39 is 0 Å². The predicted octanol–water partition coefficient (Wildman–Crippen LogP) is 2.42. The summed E-state index contributed by atoms with van der Waals surface area (Å²) in [5.41, 5.74) is 4.01. The molecule has 0 amide bonds. The number of nitrogens with zero attached hydrogens (tertiary/aromatic N) is 2. The molecule has 1 aromatic heterocycles. The molecule has 0 saturated carbocycles. The van der Waals surface area contributed by atoms with E-state index in [2.05, 4.69) is 21.6 Å². The number of nitrogens with one attached hydrogen (secondary N) is 1. The lowest BCUT2D eigenvalue weighted by Gasteiger charge is -2.20. The maximum Gasteiger partial charge on any atom is 0.161 e. The van der Waals surface area contributed by atoms with E-state index in [-0.39, 0.29) is 6.04 Å². The van der Waals surface area contributed by atoms with Crippen molar-refractivity contribution in [2.24, 2.45) is 0 Å². The van der Waals surface area contributed by atoms with Crippen LogP contribution in [0.25, 0.3) is 0 Å². The molecule has 2 aromatic rings. The van der Waals surface area contributed by atoms with Gasteiger partial charge in [0.25, 0.3) is 0 Å². The Balaban J connectivity index is 2.48. The van der Waals surface area contributed by atoms with Gasteiger partial charge in [-0.25, -0.2) is 0 Å². The van der Waals surface area contributed by atoms with Crippen LogP contribution in [0.4, 0.5) is 0 Å². The first kappa shape index (κ1) is 15.3. The lowest BCUT2D eigenvalue weighted by molar-refractivity contribution is 0.354. The average molecular weight is 287 g/mol. The molecule has 5 nitrogen and oxygen atoms in total.